The minimum Gasteiger partial charge on any atom is -0.194 e. The first-order valence-corrected chi connectivity index (χ1v) is 21.8. The molecule has 8 fully saturated rings. The van der Waals surface area contributed by atoms with Crippen LogP contribution in [0.2, 0.25) is 0 Å². The quantitative estimate of drug-likeness (QED) is 0.132. The van der Waals surface area contributed by atoms with Crippen molar-refractivity contribution in [2.75, 3.05) is 0 Å². The summed E-state index contributed by atoms with van der Waals surface area (Å²) >= 11 is 0. The summed E-state index contributed by atoms with van der Waals surface area (Å²) in [7, 11) is 0. The van der Waals surface area contributed by atoms with Crippen LogP contribution in [0.1, 0.15) is 99.3 Å². The third kappa shape index (κ3) is 6.08. The van der Waals surface area contributed by atoms with E-state index >= 15 is 52.7 Å². The van der Waals surface area contributed by atoms with Gasteiger partial charge in [-0.3, -0.25) is 0 Å². The van der Waals surface area contributed by atoms with Crippen LogP contribution in [0.5, 0.6) is 0 Å². The summed E-state index contributed by atoms with van der Waals surface area (Å²) in [5, 5.41) is 0. The molecule has 0 amide bonds. The fourth-order valence-electron chi connectivity index (χ4n) is 13.9. The Labute approximate surface area is 352 Å². The van der Waals surface area contributed by atoms with Gasteiger partial charge < -0.3 is 0 Å². The summed E-state index contributed by atoms with van der Waals surface area (Å²) in [4.78, 5) is 0. The van der Waals surface area contributed by atoms with E-state index in [1.807, 2.05) is 24.3 Å². The highest BCUT2D eigenvalue weighted by molar-refractivity contribution is 5.65. The Bertz CT molecular complexity index is 2070. The molecule has 0 heterocycles. The Kier molecular flexibility index (Phi) is 9.33. The van der Waals surface area contributed by atoms with Crippen molar-refractivity contribution >= 4 is 0 Å². The number of rotatable bonds is 11. The van der Waals surface area contributed by atoms with Gasteiger partial charge in [-0.05, 0) is 157 Å². The number of alkyl halides is 12. The Morgan fingerprint density at radius 1 is 0.290 bits per heavy atom. The maximum atomic E-state index is 15.3. The summed E-state index contributed by atoms with van der Waals surface area (Å²) in [6.45, 7) is 0. The molecule has 8 bridgehead atoms. The van der Waals surface area contributed by atoms with Gasteiger partial charge >= 0.3 is 35.5 Å². The third-order valence-corrected chi connectivity index (χ3v) is 16.2. The summed E-state index contributed by atoms with van der Waals surface area (Å²) in [6.07, 6.45) is 13.9. The van der Waals surface area contributed by atoms with Gasteiger partial charge in [-0.2, -0.15) is 52.7 Å². The summed E-state index contributed by atoms with van der Waals surface area (Å²) < 4.78 is 183. The molecule has 330 valence electrons. The SMILES string of the molecule is FC(F)(c1ccc(-c2ccc(C34CC5CC(CC(C5)C3)C4)cc2)cc1)C(F)(F)C(F)(F)C(F)(F)C(F)(F)C(F)(F)c1ccc(-c2ccc(C34CC5CC(CC(C5)C3)C4)cc2)cc1. The molecule has 8 aliphatic rings. The molecule has 0 nitrogen and oxygen atoms in total. The Morgan fingerprint density at radius 2 is 0.500 bits per heavy atom. The number of benzene rings is 4. The lowest BCUT2D eigenvalue weighted by atomic mass is 9.48. The highest BCUT2D eigenvalue weighted by Gasteiger charge is 2.90. The minimum atomic E-state index is -7.68. The molecule has 0 aliphatic heterocycles. The van der Waals surface area contributed by atoms with E-state index in [0.29, 0.717) is 70.9 Å². The van der Waals surface area contributed by atoms with E-state index in [9.17, 15) is 0 Å². The van der Waals surface area contributed by atoms with Crippen molar-refractivity contribution in [3.8, 4) is 22.3 Å². The first kappa shape index (κ1) is 42.0. The maximum Gasteiger partial charge on any atom is 0.385 e. The minimum absolute atomic E-state index is 0.0455. The molecule has 0 saturated heterocycles. The Balaban J connectivity index is 0.845. The lowest BCUT2D eigenvalue weighted by Crippen LogP contribution is -2.69. The first-order valence-electron chi connectivity index (χ1n) is 21.8. The molecule has 0 unspecified atom stereocenters. The molecule has 12 heteroatoms. The van der Waals surface area contributed by atoms with Gasteiger partial charge in [-0.1, -0.05) is 97.1 Å². The molecular formula is C50H46F12. The highest BCUT2D eigenvalue weighted by atomic mass is 19.4. The van der Waals surface area contributed by atoms with Gasteiger partial charge in [0, 0.05) is 11.1 Å². The predicted molar refractivity (Wildman–Crippen MR) is 211 cm³/mol. The van der Waals surface area contributed by atoms with Crippen LogP contribution in [-0.2, 0) is 22.7 Å². The van der Waals surface area contributed by atoms with E-state index in [1.54, 1.807) is 24.3 Å². The third-order valence-electron chi connectivity index (χ3n) is 16.2. The van der Waals surface area contributed by atoms with Gasteiger partial charge in [0.25, 0.3) is 0 Å². The summed E-state index contributed by atoms with van der Waals surface area (Å²) in [5.74, 6) is -38.3. The van der Waals surface area contributed by atoms with E-state index in [0.717, 1.165) is 73.9 Å². The molecule has 8 saturated carbocycles. The van der Waals surface area contributed by atoms with Crippen LogP contribution in [0.25, 0.3) is 22.3 Å². The topological polar surface area (TPSA) is 0 Å². The van der Waals surface area contributed by atoms with Gasteiger partial charge in [0.1, 0.15) is 0 Å². The molecule has 62 heavy (non-hydrogen) atoms. The molecule has 0 radical (unpaired) electrons. The van der Waals surface area contributed by atoms with E-state index in [-0.39, 0.29) is 22.0 Å². The maximum absolute atomic E-state index is 15.3. The van der Waals surface area contributed by atoms with Crippen molar-refractivity contribution in [3.05, 3.63) is 119 Å². The Hall–Kier alpha value is -3.96. The van der Waals surface area contributed by atoms with Crippen molar-refractivity contribution < 1.29 is 52.7 Å². The lowest BCUT2D eigenvalue weighted by molar-refractivity contribution is -0.429. The molecular weight excluding hydrogens is 829 g/mol. The second-order valence-corrected chi connectivity index (χ2v) is 20.2. The zero-order chi connectivity index (χ0) is 43.9. The molecule has 4 aromatic rings. The van der Waals surface area contributed by atoms with Crippen LogP contribution in [0.4, 0.5) is 52.7 Å². The van der Waals surface area contributed by atoms with Crippen molar-refractivity contribution in [2.45, 2.75) is 123 Å². The predicted octanol–water partition coefficient (Wildman–Crippen LogP) is 15.4. The monoisotopic (exact) mass is 874 g/mol. The van der Waals surface area contributed by atoms with E-state index < -0.39 is 46.7 Å². The van der Waals surface area contributed by atoms with Crippen molar-refractivity contribution in [1.82, 2.24) is 0 Å². The van der Waals surface area contributed by atoms with Gasteiger partial charge in [-0.15, -0.1) is 0 Å². The molecule has 8 aliphatic carbocycles. The van der Waals surface area contributed by atoms with Crippen molar-refractivity contribution in [1.29, 1.82) is 0 Å². The average Bonchev–Trinajstić information content (AvgIpc) is 3.22. The van der Waals surface area contributed by atoms with Crippen LogP contribution in [0.15, 0.2) is 97.1 Å². The normalized spacial score (nSPS) is 30.9. The summed E-state index contributed by atoms with van der Waals surface area (Å²) in [5.41, 5.74) is -0.0896. The van der Waals surface area contributed by atoms with E-state index in [2.05, 4.69) is 0 Å². The summed E-state index contributed by atoms with van der Waals surface area (Å²) in [6, 6.07) is 19.3. The van der Waals surface area contributed by atoms with Crippen LogP contribution in [0, 0.1) is 35.5 Å². The fraction of sp³-hybridized carbons (Fsp3) is 0.520. The van der Waals surface area contributed by atoms with Crippen LogP contribution in [-0.4, -0.2) is 23.7 Å². The number of hydrogen-bond donors (Lipinski definition) is 0. The highest BCUT2D eigenvalue weighted by Crippen LogP contribution is 2.65. The van der Waals surface area contributed by atoms with E-state index in [4.69, 9.17) is 0 Å². The zero-order valence-corrected chi connectivity index (χ0v) is 33.7. The standard InChI is InChI=1S/C50H46F12/c51-45(52,41-13-5-37(6-14-41)35-1-9-39(10-2-35)43-23-29-17-30(24-43)19-31(18-29)25-43)47(55,56)49(59,60)50(61,62)48(57,58)46(53,54)42-15-7-38(8-16-42)36-3-11-40(12-4-36)44-26-32-20-33(27-44)22-34(21-32)28-44/h1-16,29-34H,17-28H2. The first-order chi connectivity index (χ1) is 29.1. The lowest BCUT2D eigenvalue weighted by Gasteiger charge is -2.57. The van der Waals surface area contributed by atoms with Crippen molar-refractivity contribution in [2.24, 2.45) is 35.5 Å². The molecule has 0 aromatic heterocycles. The van der Waals surface area contributed by atoms with Gasteiger partial charge in [0.05, 0.1) is 0 Å². The molecule has 4 aromatic carbocycles. The van der Waals surface area contributed by atoms with Gasteiger partial charge in [0.2, 0.25) is 0 Å². The fourth-order valence-corrected chi connectivity index (χ4v) is 13.9. The number of halogens is 12. The second-order valence-electron chi connectivity index (χ2n) is 20.2. The van der Waals surface area contributed by atoms with Crippen LogP contribution in [0.3, 0.4) is 0 Å². The van der Waals surface area contributed by atoms with Crippen LogP contribution >= 0.6 is 0 Å². The molecule has 0 N–H and O–H groups in total. The smallest absolute Gasteiger partial charge is 0.194 e. The second kappa shape index (κ2) is 13.8. The Morgan fingerprint density at radius 3 is 0.726 bits per heavy atom. The van der Waals surface area contributed by atoms with Gasteiger partial charge in [0.15, 0.2) is 0 Å². The number of hydrogen-bond acceptors (Lipinski definition) is 0. The van der Waals surface area contributed by atoms with Crippen LogP contribution < -0.4 is 0 Å². The van der Waals surface area contributed by atoms with Gasteiger partial charge in [-0.25, -0.2) is 0 Å². The zero-order valence-electron chi connectivity index (χ0n) is 33.7. The largest absolute Gasteiger partial charge is 0.385 e. The molecule has 0 atom stereocenters. The average molecular weight is 875 g/mol. The van der Waals surface area contributed by atoms with E-state index in [1.165, 1.54) is 38.5 Å². The molecule has 12 rings (SSSR count). The molecule has 0 spiro atoms. The van der Waals surface area contributed by atoms with Crippen molar-refractivity contribution in [3.63, 3.8) is 0 Å².